The number of nitrogens with one attached hydrogen (secondary N) is 1. The van der Waals surface area contributed by atoms with Crippen LogP contribution in [-0.2, 0) is 10.4 Å². The fourth-order valence-electron chi connectivity index (χ4n) is 2.27. The van der Waals surface area contributed by atoms with Gasteiger partial charge in [-0.2, -0.15) is 8.42 Å². The van der Waals surface area contributed by atoms with Crippen molar-refractivity contribution in [2.45, 2.75) is 13.0 Å². The molecule has 0 aromatic heterocycles. The Morgan fingerprint density at radius 3 is 2.70 bits per heavy atom. The lowest BCUT2D eigenvalue weighted by molar-refractivity contribution is 0.323. The van der Waals surface area contributed by atoms with Gasteiger partial charge in [0.15, 0.2) is 0 Å². The van der Waals surface area contributed by atoms with Crippen molar-refractivity contribution in [3.05, 3.63) is 53.1 Å². The highest BCUT2D eigenvalue weighted by Gasteiger charge is 2.27. The molecule has 0 fully saturated rings. The maximum atomic E-state index is 8.74. The molecule has 0 saturated carbocycles. The van der Waals surface area contributed by atoms with Crippen LogP contribution in [0.3, 0.4) is 0 Å². The Hall–Kier alpha value is -1.80. The van der Waals surface area contributed by atoms with Gasteiger partial charge in [-0.05, 0) is 43.4 Å². The summed E-state index contributed by atoms with van der Waals surface area (Å²) >= 11 is 6.12. The molecule has 3 N–H and O–H groups in total. The second-order valence-corrected chi connectivity index (χ2v) is 6.10. The summed E-state index contributed by atoms with van der Waals surface area (Å²) in [5.41, 5.74) is 3.35. The van der Waals surface area contributed by atoms with Crippen molar-refractivity contribution in [1.29, 1.82) is 0 Å². The highest BCUT2D eigenvalue weighted by molar-refractivity contribution is 7.79. The summed E-state index contributed by atoms with van der Waals surface area (Å²) in [6.07, 6.45) is 7.80. The number of benzene rings is 1. The smallest absolute Gasteiger partial charge is 0.394 e. The first-order chi connectivity index (χ1) is 10.8. The van der Waals surface area contributed by atoms with Crippen LogP contribution >= 0.6 is 11.6 Å². The van der Waals surface area contributed by atoms with E-state index in [4.69, 9.17) is 33.9 Å². The minimum atomic E-state index is -4.67. The molecular formula is C15H16ClNO5S. The van der Waals surface area contributed by atoms with Crippen LogP contribution < -0.4 is 10.1 Å². The van der Waals surface area contributed by atoms with E-state index in [9.17, 15) is 0 Å². The van der Waals surface area contributed by atoms with E-state index in [1.807, 2.05) is 36.4 Å². The largest absolute Gasteiger partial charge is 0.481 e. The highest BCUT2D eigenvalue weighted by atomic mass is 35.5. The van der Waals surface area contributed by atoms with Crippen LogP contribution in [0.4, 0.5) is 5.69 Å². The van der Waals surface area contributed by atoms with Crippen LogP contribution in [0, 0.1) is 0 Å². The number of rotatable bonds is 2. The highest BCUT2D eigenvalue weighted by Crippen LogP contribution is 2.41. The molecule has 1 aliphatic carbocycles. The van der Waals surface area contributed by atoms with E-state index in [-0.39, 0.29) is 6.10 Å². The minimum absolute atomic E-state index is 0.0237. The quantitative estimate of drug-likeness (QED) is 0.703. The van der Waals surface area contributed by atoms with Crippen LogP contribution in [0.5, 0.6) is 5.75 Å². The van der Waals surface area contributed by atoms with E-state index in [1.54, 1.807) is 0 Å². The van der Waals surface area contributed by atoms with Gasteiger partial charge in [-0.25, -0.2) is 0 Å². The zero-order valence-electron chi connectivity index (χ0n) is 12.2. The molecule has 0 radical (unpaired) electrons. The van der Waals surface area contributed by atoms with Crippen LogP contribution in [0.15, 0.2) is 47.5 Å². The zero-order chi connectivity index (χ0) is 17.0. The third-order valence-corrected chi connectivity index (χ3v) is 3.30. The second-order valence-electron chi connectivity index (χ2n) is 4.76. The van der Waals surface area contributed by atoms with Crippen LogP contribution in [0.1, 0.15) is 12.5 Å². The van der Waals surface area contributed by atoms with Gasteiger partial charge in [-0.15, -0.1) is 0 Å². The van der Waals surface area contributed by atoms with Gasteiger partial charge in [-0.1, -0.05) is 17.7 Å². The average Bonchev–Trinajstić information content (AvgIpc) is 2.64. The molecule has 23 heavy (non-hydrogen) atoms. The van der Waals surface area contributed by atoms with Crippen molar-refractivity contribution in [1.82, 2.24) is 0 Å². The van der Waals surface area contributed by atoms with E-state index < -0.39 is 10.4 Å². The Balaban J connectivity index is 0.000000338. The molecule has 1 aliphatic heterocycles. The van der Waals surface area contributed by atoms with Crippen LogP contribution in [0.2, 0.25) is 0 Å². The first-order valence-electron chi connectivity index (χ1n) is 6.78. The van der Waals surface area contributed by atoms with E-state index in [0.29, 0.717) is 0 Å². The SMILES string of the molecule is CCNc1ccc2c(c1)C1=CC(Cl)=CC=CC1O2.O=S(=O)(O)O. The Morgan fingerprint density at radius 2 is 2.04 bits per heavy atom. The predicted octanol–water partition coefficient (Wildman–Crippen LogP) is 3.30. The summed E-state index contributed by atoms with van der Waals surface area (Å²) in [6, 6.07) is 6.16. The maximum Gasteiger partial charge on any atom is 0.394 e. The van der Waals surface area contributed by atoms with Crippen LogP contribution in [-0.4, -0.2) is 30.2 Å². The molecule has 0 saturated heterocycles. The summed E-state index contributed by atoms with van der Waals surface area (Å²) in [6.45, 7) is 2.99. The fourth-order valence-corrected chi connectivity index (χ4v) is 2.46. The minimum Gasteiger partial charge on any atom is -0.481 e. The van der Waals surface area contributed by atoms with Crippen LogP contribution in [0.25, 0.3) is 5.57 Å². The molecule has 1 aromatic carbocycles. The molecule has 1 heterocycles. The number of anilines is 1. The summed E-state index contributed by atoms with van der Waals surface area (Å²) in [5, 5.41) is 4.04. The molecule has 0 spiro atoms. The van der Waals surface area contributed by atoms with Gasteiger partial charge in [0.1, 0.15) is 11.9 Å². The van der Waals surface area contributed by atoms with Crippen molar-refractivity contribution < 1.29 is 22.3 Å². The number of allylic oxidation sites excluding steroid dienone is 4. The predicted molar refractivity (Wildman–Crippen MR) is 90.3 cm³/mol. The maximum absolute atomic E-state index is 8.74. The summed E-state index contributed by atoms with van der Waals surface area (Å²) in [4.78, 5) is 0. The number of ether oxygens (including phenoxy) is 1. The van der Waals surface area contributed by atoms with Gasteiger partial charge >= 0.3 is 10.4 Å². The van der Waals surface area contributed by atoms with Crippen molar-refractivity contribution in [2.24, 2.45) is 0 Å². The second kappa shape index (κ2) is 7.18. The zero-order valence-corrected chi connectivity index (χ0v) is 13.8. The van der Waals surface area contributed by atoms with Gasteiger partial charge in [0.05, 0.1) is 0 Å². The summed E-state index contributed by atoms with van der Waals surface area (Å²) < 4.78 is 37.5. The Kier molecular flexibility index (Phi) is 5.48. The van der Waals surface area contributed by atoms with Gasteiger partial charge in [-0.3, -0.25) is 9.11 Å². The molecule has 1 unspecified atom stereocenters. The molecule has 0 bridgehead atoms. The van der Waals surface area contributed by atoms with E-state index >= 15 is 0 Å². The number of hydrogen-bond acceptors (Lipinski definition) is 4. The number of halogens is 1. The Labute approximate surface area is 139 Å². The van der Waals surface area contributed by atoms with Crippen molar-refractivity contribution in [3.63, 3.8) is 0 Å². The topological polar surface area (TPSA) is 95.9 Å². The van der Waals surface area contributed by atoms with E-state index in [1.165, 1.54) is 0 Å². The van der Waals surface area contributed by atoms with Gasteiger partial charge in [0, 0.05) is 28.4 Å². The van der Waals surface area contributed by atoms with E-state index in [2.05, 4.69) is 18.3 Å². The number of hydrogen-bond donors (Lipinski definition) is 3. The summed E-state index contributed by atoms with van der Waals surface area (Å²) in [5.74, 6) is 0.920. The average molecular weight is 358 g/mol. The third kappa shape index (κ3) is 5.11. The standard InChI is InChI=1S/C15H14ClNO.H2O4S/c1-2-17-11-6-7-15-13(9-11)12-8-10(16)4-3-5-14(12)18-15;1-5(2,3)4/h3-9,14,17H,2H2,1H3;(H2,1,2,3,4). The molecule has 3 rings (SSSR count). The molecule has 124 valence electrons. The van der Waals surface area contributed by atoms with Gasteiger partial charge in [0.2, 0.25) is 0 Å². The molecule has 2 aliphatic rings. The first-order valence-corrected chi connectivity index (χ1v) is 8.56. The lowest BCUT2D eigenvalue weighted by atomic mass is 10.0. The van der Waals surface area contributed by atoms with E-state index in [0.717, 1.165) is 34.2 Å². The molecule has 1 aromatic rings. The molecule has 6 nitrogen and oxygen atoms in total. The Morgan fingerprint density at radius 1 is 1.35 bits per heavy atom. The lowest BCUT2D eigenvalue weighted by Gasteiger charge is -2.05. The van der Waals surface area contributed by atoms with Crippen molar-refractivity contribution in [3.8, 4) is 5.75 Å². The number of fused-ring (bicyclic) bond motifs is 3. The monoisotopic (exact) mass is 357 g/mol. The first kappa shape index (κ1) is 17.6. The van der Waals surface area contributed by atoms with Crippen molar-refractivity contribution >= 4 is 33.3 Å². The van der Waals surface area contributed by atoms with Crippen molar-refractivity contribution in [2.75, 3.05) is 11.9 Å². The van der Waals surface area contributed by atoms with Gasteiger partial charge in [0.25, 0.3) is 0 Å². The summed E-state index contributed by atoms with van der Waals surface area (Å²) in [7, 11) is -4.67. The normalized spacial score (nSPS) is 18.3. The third-order valence-electron chi connectivity index (χ3n) is 3.07. The fraction of sp³-hybridized carbons (Fsp3) is 0.200. The lowest BCUT2D eigenvalue weighted by Crippen LogP contribution is -2.07. The Bertz CT molecular complexity index is 775. The molecule has 0 amide bonds. The molecule has 8 heteroatoms. The molecule has 1 atom stereocenters. The van der Waals surface area contributed by atoms with Gasteiger partial charge < -0.3 is 10.1 Å². The molecular weight excluding hydrogens is 342 g/mol.